The van der Waals surface area contributed by atoms with Crippen LogP contribution >= 0.6 is 0 Å². The van der Waals surface area contributed by atoms with E-state index in [-0.39, 0.29) is 11.6 Å². The highest BCUT2D eigenvalue weighted by molar-refractivity contribution is 5.71. The predicted molar refractivity (Wildman–Crippen MR) is 122 cm³/mol. The lowest BCUT2D eigenvalue weighted by molar-refractivity contribution is 0.413. The van der Waals surface area contributed by atoms with E-state index in [0.29, 0.717) is 28.6 Å². The van der Waals surface area contributed by atoms with Crippen LogP contribution in [0.15, 0.2) is 64.3 Å². The number of nitrogens with one attached hydrogen (secondary N) is 1. The summed E-state index contributed by atoms with van der Waals surface area (Å²) in [6, 6.07) is 11.1. The van der Waals surface area contributed by atoms with Gasteiger partial charge in [-0.3, -0.25) is 9.78 Å². The minimum absolute atomic E-state index is 0.0462. The van der Waals surface area contributed by atoms with Gasteiger partial charge in [-0.2, -0.15) is 0 Å². The SMILES string of the molecule is CNCc1ccc(-c2cc(-c3cncc(-c4ccc(=O)n(C(C)C)c4)n3)on2)c(OC)c1. The molecule has 8 heteroatoms. The molecule has 164 valence electrons. The number of nitrogens with zero attached hydrogens (tertiary/aromatic N) is 4. The standard InChI is InChI=1S/C24H25N5O3/c1-15(2)29-14-17(6-8-24(29)30)20-12-26-13-21(27-20)23-10-19(28-32-23)18-7-5-16(11-25-3)9-22(18)31-4/h5-10,12-15,25H,11H2,1-4H3. The van der Waals surface area contributed by atoms with Gasteiger partial charge in [0.2, 0.25) is 0 Å². The summed E-state index contributed by atoms with van der Waals surface area (Å²) in [7, 11) is 3.53. The van der Waals surface area contributed by atoms with Gasteiger partial charge in [0.1, 0.15) is 17.1 Å². The zero-order valence-corrected chi connectivity index (χ0v) is 18.5. The number of ether oxygens (including phenoxy) is 1. The Morgan fingerprint density at radius 1 is 1.09 bits per heavy atom. The molecular weight excluding hydrogens is 406 g/mol. The van der Waals surface area contributed by atoms with E-state index in [1.807, 2.05) is 45.2 Å². The summed E-state index contributed by atoms with van der Waals surface area (Å²) in [6.07, 6.45) is 5.08. The predicted octanol–water partition coefficient (Wildman–Crippen LogP) is 3.94. The van der Waals surface area contributed by atoms with Gasteiger partial charge >= 0.3 is 0 Å². The molecule has 0 bridgehead atoms. The Morgan fingerprint density at radius 2 is 1.91 bits per heavy atom. The minimum atomic E-state index is -0.0533. The summed E-state index contributed by atoms with van der Waals surface area (Å²) < 4.78 is 12.8. The van der Waals surface area contributed by atoms with Crippen molar-refractivity contribution in [1.29, 1.82) is 0 Å². The molecule has 0 fully saturated rings. The molecule has 0 saturated heterocycles. The average molecular weight is 431 g/mol. The van der Waals surface area contributed by atoms with Crippen LogP contribution in [-0.4, -0.2) is 33.8 Å². The Hall–Kier alpha value is -3.78. The fourth-order valence-corrected chi connectivity index (χ4v) is 3.47. The quantitative estimate of drug-likeness (QED) is 0.474. The Morgan fingerprint density at radius 3 is 2.66 bits per heavy atom. The van der Waals surface area contributed by atoms with Crippen LogP contribution in [-0.2, 0) is 6.54 Å². The van der Waals surface area contributed by atoms with Crippen LogP contribution in [0.5, 0.6) is 5.75 Å². The van der Waals surface area contributed by atoms with Crippen LogP contribution in [0.2, 0.25) is 0 Å². The van der Waals surface area contributed by atoms with Crippen molar-refractivity contribution in [2.24, 2.45) is 0 Å². The van der Waals surface area contributed by atoms with E-state index in [9.17, 15) is 4.79 Å². The molecule has 0 aliphatic carbocycles. The van der Waals surface area contributed by atoms with Gasteiger partial charge in [0.05, 0.1) is 25.2 Å². The molecular formula is C24H25N5O3. The largest absolute Gasteiger partial charge is 0.496 e. The van der Waals surface area contributed by atoms with Crippen molar-refractivity contribution in [3.05, 3.63) is 70.9 Å². The zero-order valence-electron chi connectivity index (χ0n) is 18.5. The van der Waals surface area contributed by atoms with Gasteiger partial charge in [-0.15, -0.1) is 0 Å². The highest BCUT2D eigenvalue weighted by atomic mass is 16.5. The van der Waals surface area contributed by atoms with Gasteiger partial charge in [0.25, 0.3) is 5.56 Å². The number of hydrogen-bond donors (Lipinski definition) is 1. The molecule has 1 N–H and O–H groups in total. The normalized spacial score (nSPS) is 11.2. The molecule has 0 spiro atoms. The second kappa shape index (κ2) is 9.15. The van der Waals surface area contributed by atoms with Crippen LogP contribution in [0.25, 0.3) is 34.0 Å². The van der Waals surface area contributed by atoms with E-state index in [4.69, 9.17) is 9.26 Å². The summed E-state index contributed by atoms with van der Waals surface area (Å²) in [6.45, 7) is 4.67. The van der Waals surface area contributed by atoms with Crippen LogP contribution in [0.3, 0.4) is 0 Å². The summed E-state index contributed by atoms with van der Waals surface area (Å²) in [5, 5.41) is 7.34. The Kier molecular flexibility index (Phi) is 6.13. The van der Waals surface area contributed by atoms with Crippen LogP contribution in [0, 0.1) is 0 Å². The molecule has 0 aliphatic rings. The number of methoxy groups -OCH3 is 1. The summed E-state index contributed by atoms with van der Waals surface area (Å²) in [4.78, 5) is 21.1. The van der Waals surface area contributed by atoms with Gasteiger partial charge in [-0.05, 0) is 44.7 Å². The van der Waals surface area contributed by atoms with E-state index >= 15 is 0 Å². The van der Waals surface area contributed by atoms with Gasteiger partial charge in [-0.1, -0.05) is 11.2 Å². The van der Waals surface area contributed by atoms with E-state index in [2.05, 4.69) is 20.4 Å². The molecule has 4 rings (SSSR count). The van der Waals surface area contributed by atoms with Crippen molar-refractivity contribution in [2.45, 2.75) is 26.4 Å². The van der Waals surface area contributed by atoms with Crippen molar-refractivity contribution in [1.82, 2.24) is 25.0 Å². The molecule has 1 aromatic carbocycles. The molecule has 0 radical (unpaired) electrons. The molecule has 0 aliphatic heterocycles. The third-order valence-corrected chi connectivity index (χ3v) is 5.11. The molecule has 4 aromatic rings. The molecule has 0 amide bonds. The van der Waals surface area contributed by atoms with Gasteiger partial charge in [0, 0.05) is 42.0 Å². The Labute approximate surface area is 185 Å². The van der Waals surface area contributed by atoms with Gasteiger partial charge in [-0.25, -0.2) is 4.98 Å². The van der Waals surface area contributed by atoms with Crippen molar-refractivity contribution in [3.8, 4) is 39.7 Å². The number of hydrogen-bond acceptors (Lipinski definition) is 7. The Bertz CT molecular complexity index is 1290. The molecule has 8 nitrogen and oxygen atoms in total. The smallest absolute Gasteiger partial charge is 0.250 e. The lowest BCUT2D eigenvalue weighted by Gasteiger charge is -2.11. The maximum Gasteiger partial charge on any atom is 0.250 e. The summed E-state index contributed by atoms with van der Waals surface area (Å²) >= 11 is 0. The number of benzene rings is 1. The van der Waals surface area contributed by atoms with Gasteiger partial charge in [0.15, 0.2) is 5.76 Å². The van der Waals surface area contributed by atoms with E-state index < -0.39 is 0 Å². The lowest BCUT2D eigenvalue weighted by atomic mass is 10.1. The van der Waals surface area contributed by atoms with Crippen molar-refractivity contribution < 1.29 is 9.26 Å². The molecule has 0 saturated carbocycles. The molecule has 3 aromatic heterocycles. The van der Waals surface area contributed by atoms with Crippen molar-refractivity contribution >= 4 is 0 Å². The summed E-state index contributed by atoms with van der Waals surface area (Å²) in [5.74, 6) is 1.21. The van der Waals surface area contributed by atoms with Crippen LogP contribution in [0.1, 0.15) is 25.5 Å². The molecule has 3 heterocycles. The maximum absolute atomic E-state index is 12.1. The average Bonchev–Trinajstić information content (AvgIpc) is 3.29. The van der Waals surface area contributed by atoms with E-state index in [1.54, 1.807) is 42.4 Å². The first kappa shape index (κ1) is 21.5. The third-order valence-electron chi connectivity index (χ3n) is 5.11. The zero-order chi connectivity index (χ0) is 22.7. The topological polar surface area (TPSA) is 95.1 Å². The first-order valence-electron chi connectivity index (χ1n) is 10.3. The van der Waals surface area contributed by atoms with Crippen LogP contribution in [0.4, 0.5) is 0 Å². The molecule has 32 heavy (non-hydrogen) atoms. The monoisotopic (exact) mass is 431 g/mol. The lowest BCUT2D eigenvalue weighted by Crippen LogP contribution is -2.20. The van der Waals surface area contributed by atoms with Gasteiger partial charge < -0.3 is 19.1 Å². The highest BCUT2D eigenvalue weighted by Crippen LogP contribution is 2.33. The number of aromatic nitrogens is 4. The van der Waals surface area contributed by atoms with Crippen molar-refractivity contribution in [3.63, 3.8) is 0 Å². The second-order valence-electron chi connectivity index (χ2n) is 7.69. The molecule has 0 atom stereocenters. The summed E-state index contributed by atoms with van der Waals surface area (Å²) in [5.41, 5.74) is 4.52. The second-order valence-corrected chi connectivity index (χ2v) is 7.69. The first-order valence-corrected chi connectivity index (χ1v) is 10.3. The van der Waals surface area contributed by atoms with Crippen molar-refractivity contribution in [2.75, 3.05) is 14.2 Å². The maximum atomic E-state index is 12.1. The number of pyridine rings is 1. The van der Waals surface area contributed by atoms with E-state index in [0.717, 1.165) is 23.2 Å². The fraction of sp³-hybridized carbons (Fsp3) is 0.250. The fourth-order valence-electron chi connectivity index (χ4n) is 3.47. The van der Waals surface area contributed by atoms with E-state index in [1.165, 1.54) is 0 Å². The Balaban J connectivity index is 1.68. The third kappa shape index (κ3) is 4.31. The van der Waals surface area contributed by atoms with Crippen LogP contribution < -0.4 is 15.6 Å². The molecule has 0 unspecified atom stereocenters. The number of rotatable bonds is 7. The highest BCUT2D eigenvalue weighted by Gasteiger charge is 2.15. The first-order chi connectivity index (χ1) is 15.5. The minimum Gasteiger partial charge on any atom is -0.496 e.